The molecule has 0 radical (unpaired) electrons. The summed E-state index contributed by atoms with van der Waals surface area (Å²) in [4.78, 5) is 13.0. The molecule has 0 aliphatic carbocycles. The van der Waals surface area contributed by atoms with Crippen LogP contribution in [-0.4, -0.2) is 95.4 Å². The molecule has 0 spiro atoms. The van der Waals surface area contributed by atoms with Crippen LogP contribution in [0.2, 0.25) is 0 Å². The average Bonchev–Trinajstić information content (AvgIpc) is 3.23. The number of nitrogens with one attached hydrogen (secondary N) is 1. The van der Waals surface area contributed by atoms with E-state index in [4.69, 9.17) is 9.47 Å². The number of amides is 1. The van der Waals surface area contributed by atoms with Crippen LogP contribution in [0.15, 0.2) is 24.3 Å². The third-order valence-electron chi connectivity index (χ3n) is 11.7. The molecular weight excluding hydrogens is 799 g/mol. The molecule has 0 aromatic carbocycles. The predicted octanol–water partition coefficient (Wildman–Crippen LogP) is 10.1. The van der Waals surface area contributed by atoms with E-state index < -0.39 is 59.9 Å². The number of carbonyl (C=O) groups is 1. The third-order valence-corrected chi connectivity index (χ3v) is 12.2. The highest BCUT2D eigenvalue weighted by atomic mass is 32.3. The number of allylic oxidation sites excluding steroid dienone is 3. The second-order valence-corrected chi connectivity index (χ2v) is 18.4. The number of aliphatic hydroxyl groups is 4. The summed E-state index contributed by atoms with van der Waals surface area (Å²) in [5.74, 6) is -0.267. The smallest absolute Gasteiger partial charge is 0.394 e. The van der Waals surface area contributed by atoms with Gasteiger partial charge in [0.1, 0.15) is 24.4 Å². The van der Waals surface area contributed by atoms with Gasteiger partial charge in [-0.2, -0.15) is 8.42 Å². The molecule has 1 amide bonds. The van der Waals surface area contributed by atoms with Crippen LogP contribution in [0, 0.1) is 0 Å². The van der Waals surface area contributed by atoms with Crippen molar-refractivity contribution in [2.24, 2.45) is 0 Å². The van der Waals surface area contributed by atoms with Crippen molar-refractivity contribution < 1.29 is 51.8 Å². The van der Waals surface area contributed by atoms with E-state index in [0.29, 0.717) is 6.42 Å². The van der Waals surface area contributed by atoms with Crippen LogP contribution < -0.4 is 5.32 Å². The first-order chi connectivity index (χ1) is 29.5. The van der Waals surface area contributed by atoms with Crippen LogP contribution in [-0.2, 0) is 28.9 Å². The molecule has 0 bridgehead atoms. The van der Waals surface area contributed by atoms with Crippen molar-refractivity contribution in [3.05, 3.63) is 24.3 Å². The van der Waals surface area contributed by atoms with Gasteiger partial charge in [0.15, 0.2) is 6.29 Å². The van der Waals surface area contributed by atoms with Gasteiger partial charge in [-0.3, -0.25) is 9.35 Å². The van der Waals surface area contributed by atoms with Gasteiger partial charge in [-0.05, 0) is 44.9 Å². The Kier molecular flexibility index (Phi) is 36.8. The SMILES string of the molecule is CCCCCC/C=C\CCCCCCCCCC(=O)NC(COC1OC(CO)C(O)C(OS(=O)(=O)O)C1O)C(O)/C=C/CCCCCCCCCCCCCCCCCCC. The van der Waals surface area contributed by atoms with Crippen LogP contribution >= 0.6 is 0 Å². The van der Waals surface area contributed by atoms with E-state index in [9.17, 15) is 38.2 Å². The maximum Gasteiger partial charge on any atom is 0.397 e. The molecule has 13 heteroatoms. The Bertz CT molecular complexity index is 1190. The Hall–Kier alpha value is -1.42. The number of hydrogen-bond acceptors (Lipinski definition) is 10. The summed E-state index contributed by atoms with van der Waals surface area (Å²) in [6.45, 7) is 3.38. The first-order valence-corrected chi connectivity index (χ1v) is 26.1. The van der Waals surface area contributed by atoms with Gasteiger partial charge in [0.25, 0.3) is 0 Å². The fourth-order valence-electron chi connectivity index (χ4n) is 7.86. The van der Waals surface area contributed by atoms with Crippen molar-refractivity contribution in [2.75, 3.05) is 13.2 Å². The van der Waals surface area contributed by atoms with Crippen LogP contribution in [0.1, 0.15) is 219 Å². The molecule has 1 fully saturated rings. The molecule has 6 N–H and O–H groups in total. The highest BCUT2D eigenvalue weighted by Gasteiger charge is 2.48. The molecule has 1 aliphatic heterocycles. The van der Waals surface area contributed by atoms with E-state index in [-0.39, 0.29) is 18.9 Å². The van der Waals surface area contributed by atoms with E-state index >= 15 is 0 Å². The normalized spacial score (nSPS) is 20.8. The molecule has 1 heterocycles. The van der Waals surface area contributed by atoms with Gasteiger partial charge < -0.3 is 35.2 Å². The summed E-state index contributed by atoms with van der Waals surface area (Å²) in [7, 11) is -5.08. The van der Waals surface area contributed by atoms with Crippen LogP contribution in [0.5, 0.6) is 0 Å². The van der Waals surface area contributed by atoms with Crippen molar-refractivity contribution in [1.29, 1.82) is 0 Å². The zero-order valence-corrected chi connectivity index (χ0v) is 39.3. The van der Waals surface area contributed by atoms with Crippen molar-refractivity contribution in [3.63, 3.8) is 0 Å². The van der Waals surface area contributed by atoms with Crippen LogP contribution in [0.4, 0.5) is 0 Å². The zero-order valence-electron chi connectivity index (χ0n) is 38.5. The molecule has 0 aromatic heterocycles. The summed E-state index contributed by atoms with van der Waals surface area (Å²) in [6.07, 6.45) is 36.4. The number of unbranched alkanes of at least 4 members (excludes halogenated alkanes) is 28. The maximum absolute atomic E-state index is 13.0. The molecule has 0 aromatic rings. The predicted molar refractivity (Wildman–Crippen MR) is 245 cm³/mol. The molecule has 360 valence electrons. The van der Waals surface area contributed by atoms with Gasteiger partial charge in [-0.15, -0.1) is 0 Å². The van der Waals surface area contributed by atoms with Crippen LogP contribution in [0.3, 0.4) is 0 Å². The van der Waals surface area contributed by atoms with E-state index in [2.05, 4.69) is 35.5 Å². The Morgan fingerprint density at radius 2 is 1.05 bits per heavy atom. The summed E-state index contributed by atoms with van der Waals surface area (Å²) >= 11 is 0. The van der Waals surface area contributed by atoms with Gasteiger partial charge in [0, 0.05) is 6.42 Å². The van der Waals surface area contributed by atoms with Crippen molar-refractivity contribution >= 4 is 16.3 Å². The van der Waals surface area contributed by atoms with Gasteiger partial charge in [0.05, 0.1) is 25.4 Å². The second-order valence-electron chi connectivity index (χ2n) is 17.4. The largest absolute Gasteiger partial charge is 0.397 e. The Morgan fingerprint density at radius 1 is 0.639 bits per heavy atom. The molecular formula is C48H91NO11S. The molecule has 61 heavy (non-hydrogen) atoms. The van der Waals surface area contributed by atoms with E-state index in [1.807, 2.05) is 6.08 Å². The summed E-state index contributed by atoms with van der Waals surface area (Å²) in [5, 5.41) is 44.8. The van der Waals surface area contributed by atoms with Gasteiger partial charge in [-0.25, -0.2) is 4.18 Å². The minimum absolute atomic E-state index is 0.265. The molecule has 1 saturated heterocycles. The molecule has 12 nitrogen and oxygen atoms in total. The number of carbonyl (C=O) groups excluding carboxylic acids is 1. The maximum atomic E-state index is 13.0. The molecule has 1 rings (SSSR count). The lowest BCUT2D eigenvalue weighted by atomic mass is 9.99. The highest BCUT2D eigenvalue weighted by molar-refractivity contribution is 7.80. The monoisotopic (exact) mass is 890 g/mol. The van der Waals surface area contributed by atoms with Crippen molar-refractivity contribution in [1.82, 2.24) is 5.32 Å². The Morgan fingerprint density at radius 3 is 1.49 bits per heavy atom. The Balaban J connectivity index is 2.49. The summed E-state index contributed by atoms with van der Waals surface area (Å²) in [5.41, 5.74) is 0. The average molecular weight is 890 g/mol. The number of aliphatic hydroxyl groups excluding tert-OH is 4. The van der Waals surface area contributed by atoms with E-state index in [1.165, 1.54) is 148 Å². The number of hydrogen-bond donors (Lipinski definition) is 6. The first kappa shape index (κ1) is 57.6. The number of ether oxygens (including phenoxy) is 2. The molecule has 0 saturated carbocycles. The summed E-state index contributed by atoms with van der Waals surface area (Å²) < 4.78 is 47.6. The van der Waals surface area contributed by atoms with Gasteiger partial charge >= 0.3 is 10.4 Å². The molecule has 7 unspecified atom stereocenters. The van der Waals surface area contributed by atoms with Gasteiger partial charge in [0.2, 0.25) is 5.91 Å². The summed E-state index contributed by atoms with van der Waals surface area (Å²) in [6, 6.07) is -0.944. The fraction of sp³-hybridized carbons (Fsp3) is 0.896. The number of rotatable bonds is 42. The quantitative estimate of drug-likeness (QED) is 0.0194. The molecule has 7 atom stereocenters. The second kappa shape index (κ2) is 39.0. The lowest BCUT2D eigenvalue weighted by Crippen LogP contribution is -2.61. The standard InChI is InChI=1S/C48H91NO11S/c1-3-5-7-9-11-13-15-17-19-20-21-22-24-25-27-29-31-33-35-37-42(51)41(40-58-48-46(54)47(60-61(55,56)57)45(53)43(39-50)59-48)49-44(52)38-36-34-32-30-28-26-23-18-16-14-12-10-8-6-4-2/h14,16,35,37,41-43,45-48,50-51,53-54H,3-13,15,17-34,36,38-40H2,1-2H3,(H,49,52)(H,55,56,57)/b16-14-,37-35+. The first-order valence-electron chi connectivity index (χ1n) is 24.7. The fourth-order valence-corrected chi connectivity index (χ4v) is 8.37. The Labute approximate surface area is 372 Å². The van der Waals surface area contributed by atoms with Crippen molar-refractivity contribution in [2.45, 2.75) is 262 Å². The topological polar surface area (TPSA) is 192 Å². The van der Waals surface area contributed by atoms with Gasteiger partial charge in [-0.1, -0.05) is 192 Å². The lowest BCUT2D eigenvalue weighted by Gasteiger charge is -2.41. The van der Waals surface area contributed by atoms with Crippen molar-refractivity contribution in [3.8, 4) is 0 Å². The molecule has 1 aliphatic rings. The van der Waals surface area contributed by atoms with E-state index in [1.54, 1.807) is 6.08 Å². The van der Waals surface area contributed by atoms with Crippen LogP contribution in [0.25, 0.3) is 0 Å². The van der Waals surface area contributed by atoms with E-state index in [0.717, 1.165) is 44.9 Å². The zero-order chi connectivity index (χ0) is 44.8. The third kappa shape index (κ3) is 32.0. The minimum atomic E-state index is -5.08. The highest BCUT2D eigenvalue weighted by Crippen LogP contribution is 2.26. The lowest BCUT2D eigenvalue weighted by molar-refractivity contribution is -0.298. The minimum Gasteiger partial charge on any atom is -0.394 e.